The van der Waals surface area contributed by atoms with Gasteiger partial charge in [-0.1, -0.05) is 45.0 Å². The summed E-state index contributed by atoms with van der Waals surface area (Å²) in [5, 5.41) is 2.83. The summed E-state index contributed by atoms with van der Waals surface area (Å²) < 4.78 is 43.9. The van der Waals surface area contributed by atoms with Crippen molar-refractivity contribution in [2.75, 3.05) is 7.11 Å². The van der Waals surface area contributed by atoms with E-state index in [9.17, 15) is 22.8 Å². The summed E-state index contributed by atoms with van der Waals surface area (Å²) >= 11 is 0. The number of amides is 1. The summed E-state index contributed by atoms with van der Waals surface area (Å²) in [5.74, 6) is 0.404. The third-order valence-corrected chi connectivity index (χ3v) is 5.27. The lowest BCUT2D eigenvalue weighted by Crippen LogP contribution is -2.37. The minimum atomic E-state index is -4.45. The van der Waals surface area contributed by atoms with Crippen LogP contribution in [-0.4, -0.2) is 23.0 Å². The van der Waals surface area contributed by atoms with E-state index in [0.29, 0.717) is 23.6 Å². The van der Waals surface area contributed by atoms with Crippen molar-refractivity contribution >= 4 is 5.91 Å². The molecule has 1 atom stereocenters. The molecular formula is C25H26F3N3O3. The molecule has 0 unspecified atom stereocenters. The predicted molar refractivity (Wildman–Crippen MR) is 122 cm³/mol. The molecule has 0 saturated heterocycles. The van der Waals surface area contributed by atoms with E-state index in [1.165, 1.54) is 12.1 Å². The Labute approximate surface area is 195 Å². The van der Waals surface area contributed by atoms with Gasteiger partial charge in [-0.3, -0.25) is 9.59 Å². The molecule has 34 heavy (non-hydrogen) atoms. The number of carbonyl (C=O) groups is 1. The number of halogens is 3. The number of hydrogen-bond acceptors (Lipinski definition) is 4. The zero-order chi connectivity index (χ0) is 25.1. The van der Waals surface area contributed by atoms with Crippen LogP contribution in [0.15, 0.2) is 59.4 Å². The molecule has 0 saturated carbocycles. The highest BCUT2D eigenvalue weighted by Gasteiger charge is 2.32. The van der Waals surface area contributed by atoms with Crippen LogP contribution in [-0.2, 0) is 12.6 Å². The van der Waals surface area contributed by atoms with Crippen LogP contribution in [0, 0.1) is 5.41 Å². The summed E-state index contributed by atoms with van der Waals surface area (Å²) in [4.78, 5) is 32.1. The topological polar surface area (TPSA) is 84.1 Å². The Hall–Kier alpha value is -3.62. The molecule has 180 valence electrons. The first-order valence-corrected chi connectivity index (χ1v) is 10.6. The number of hydrogen-bond donors (Lipinski definition) is 2. The highest BCUT2D eigenvalue weighted by molar-refractivity contribution is 5.92. The van der Waals surface area contributed by atoms with Crippen molar-refractivity contribution in [3.63, 3.8) is 0 Å². The number of alkyl halides is 3. The van der Waals surface area contributed by atoms with Crippen LogP contribution in [0.4, 0.5) is 13.2 Å². The van der Waals surface area contributed by atoms with Crippen LogP contribution < -0.4 is 15.6 Å². The Bertz CT molecular complexity index is 1200. The number of rotatable bonds is 6. The maximum atomic E-state index is 13.0. The van der Waals surface area contributed by atoms with Crippen LogP contribution in [0.25, 0.3) is 0 Å². The van der Waals surface area contributed by atoms with Crippen molar-refractivity contribution in [2.45, 2.75) is 39.4 Å². The second-order valence-electron chi connectivity index (χ2n) is 8.99. The van der Waals surface area contributed by atoms with Gasteiger partial charge in [0.2, 0.25) is 0 Å². The van der Waals surface area contributed by atoms with Crippen LogP contribution in [0.3, 0.4) is 0 Å². The molecule has 0 radical (unpaired) electrons. The van der Waals surface area contributed by atoms with Gasteiger partial charge in [0.15, 0.2) is 0 Å². The van der Waals surface area contributed by atoms with E-state index in [4.69, 9.17) is 4.74 Å². The average Bonchev–Trinajstić information content (AvgIpc) is 2.76. The highest BCUT2D eigenvalue weighted by atomic mass is 19.4. The quantitative estimate of drug-likeness (QED) is 0.533. The molecule has 0 bridgehead atoms. The second kappa shape index (κ2) is 9.70. The Morgan fingerprint density at radius 2 is 1.68 bits per heavy atom. The maximum Gasteiger partial charge on any atom is 0.416 e. The first-order chi connectivity index (χ1) is 15.9. The van der Waals surface area contributed by atoms with Gasteiger partial charge in [0, 0.05) is 12.5 Å². The van der Waals surface area contributed by atoms with Gasteiger partial charge in [-0.2, -0.15) is 13.2 Å². The second-order valence-corrected chi connectivity index (χ2v) is 8.99. The number of aromatic nitrogens is 2. The van der Waals surface area contributed by atoms with Crippen LogP contribution in [0.1, 0.15) is 59.8 Å². The first-order valence-electron chi connectivity index (χ1n) is 10.6. The molecule has 9 heteroatoms. The van der Waals surface area contributed by atoms with Crippen molar-refractivity contribution in [1.82, 2.24) is 15.3 Å². The van der Waals surface area contributed by atoms with Gasteiger partial charge >= 0.3 is 6.18 Å². The number of carbonyl (C=O) groups excluding carboxylic acids is 1. The van der Waals surface area contributed by atoms with Crippen molar-refractivity contribution in [1.29, 1.82) is 0 Å². The molecule has 2 N–H and O–H groups in total. The fraction of sp³-hybridized carbons (Fsp3) is 0.320. The van der Waals surface area contributed by atoms with E-state index in [1.54, 1.807) is 19.2 Å². The molecule has 1 aromatic heterocycles. The molecule has 0 aliphatic rings. The number of benzene rings is 2. The standard InChI is InChI=1S/C25H26F3N3O3/c1-24(2,3)22(16-7-9-17(10-8-16)25(26,27)28)31-23(33)19-14-21(32)30-20(29-19)13-15-5-11-18(34-4)12-6-15/h5-12,14,22H,13H2,1-4H3,(H,31,33)(H,29,30,32)/t22-/m0/s1. The molecular weight excluding hydrogens is 447 g/mol. The van der Waals surface area contributed by atoms with Gasteiger partial charge in [-0.15, -0.1) is 0 Å². The summed E-state index contributed by atoms with van der Waals surface area (Å²) in [7, 11) is 1.56. The molecule has 1 heterocycles. The van der Waals surface area contributed by atoms with Gasteiger partial charge in [-0.05, 0) is 40.8 Å². The lowest BCUT2D eigenvalue weighted by atomic mass is 9.82. The zero-order valence-corrected chi connectivity index (χ0v) is 19.3. The number of ether oxygens (including phenoxy) is 1. The van der Waals surface area contributed by atoms with Crippen LogP contribution >= 0.6 is 0 Å². The summed E-state index contributed by atoms with van der Waals surface area (Å²) in [6.45, 7) is 5.57. The molecule has 1 amide bonds. The monoisotopic (exact) mass is 473 g/mol. The highest BCUT2D eigenvalue weighted by Crippen LogP contribution is 2.35. The summed E-state index contributed by atoms with van der Waals surface area (Å²) in [5.41, 5.74) is -0.479. The van der Waals surface area contributed by atoms with Gasteiger partial charge in [0.05, 0.1) is 18.7 Å². The SMILES string of the molecule is COc1ccc(Cc2nc(C(=O)N[C@@H](c3ccc(C(F)(F)F)cc3)C(C)(C)C)cc(=O)[nH]2)cc1. The van der Waals surface area contributed by atoms with E-state index in [0.717, 1.165) is 23.8 Å². The first kappa shape index (κ1) is 25.0. The average molecular weight is 473 g/mol. The molecule has 6 nitrogen and oxygen atoms in total. The number of aromatic amines is 1. The number of H-pyrrole nitrogens is 1. The smallest absolute Gasteiger partial charge is 0.416 e. The third kappa shape index (κ3) is 6.24. The van der Waals surface area contributed by atoms with Gasteiger partial charge in [0.25, 0.3) is 11.5 Å². The van der Waals surface area contributed by atoms with Crippen molar-refractivity contribution in [3.8, 4) is 5.75 Å². The van der Waals surface area contributed by atoms with Gasteiger partial charge < -0.3 is 15.0 Å². The molecule has 0 fully saturated rings. The molecule has 3 aromatic rings. The van der Waals surface area contributed by atoms with Crippen molar-refractivity contribution in [2.24, 2.45) is 5.41 Å². The maximum absolute atomic E-state index is 13.0. The van der Waals surface area contributed by atoms with Gasteiger partial charge in [0.1, 0.15) is 17.3 Å². The number of nitrogens with zero attached hydrogens (tertiary/aromatic N) is 1. The minimum Gasteiger partial charge on any atom is -0.497 e. The van der Waals surface area contributed by atoms with Crippen LogP contribution in [0.2, 0.25) is 0 Å². The Morgan fingerprint density at radius 3 is 2.21 bits per heavy atom. The lowest BCUT2D eigenvalue weighted by Gasteiger charge is -2.32. The van der Waals surface area contributed by atoms with Gasteiger partial charge in [-0.25, -0.2) is 4.98 Å². The number of methoxy groups -OCH3 is 1. The number of nitrogens with one attached hydrogen (secondary N) is 2. The normalized spacial score (nSPS) is 12.8. The fourth-order valence-corrected chi connectivity index (χ4v) is 3.51. The van der Waals surface area contributed by atoms with Crippen molar-refractivity contribution < 1.29 is 22.7 Å². The van der Waals surface area contributed by atoms with E-state index in [-0.39, 0.29) is 5.69 Å². The van der Waals surface area contributed by atoms with E-state index in [2.05, 4.69) is 15.3 Å². The largest absolute Gasteiger partial charge is 0.497 e. The fourth-order valence-electron chi connectivity index (χ4n) is 3.51. The zero-order valence-electron chi connectivity index (χ0n) is 19.3. The Balaban J connectivity index is 1.84. The Kier molecular flexibility index (Phi) is 7.14. The van der Waals surface area contributed by atoms with Crippen LogP contribution in [0.5, 0.6) is 5.75 Å². The van der Waals surface area contributed by atoms with E-state index in [1.807, 2.05) is 32.9 Å². The van der Waals surface area contributed by atoms with E-state index >= 15 is 0 Å². The van der Waals surface area contributed by atoms with Crippen molar-refractivity contribution in [3.05, 3.63) is 93.2 Å². The Morgan fingerprint density at radius 1 is 1.06 bits per heavy atom. The molecule has 3 rings (SSSR count). The molecule has 0 aliphatic heterocycles. The minimum absolute atomic E-state index is 0.0755. The predicted octanol–water partition coefficient (Wildman–Crippen LogP) is 4.91. The summed E-state index contributed by atoms with van der Waals surface area (Å²) in [6.07, 6.45) is -4.16. The molecule has 2 aromatic carbocycles. The van der Waals surface area contributed by atoms with E-state index < -0.39 is 34.7 Å². The summed E-state index contributed by atoms with van der Waals surface area (Å²) in [6, 6.07) is 12.4. The third-order valence-electron chi connectivity index (χ3n) is 5.27. The lowest BCUT2D eigenvalue weighted by molar-refractivity contribution is -0.137. The molecule has 0 spiro atoms. The molecule has 0 aliphatic carbocycles.